The molecule has 1 unspecified atom stereocenters. The lowest BCUT2D eigenvalue weighted by Gasteiger charge is -2.10. The molecule has 0 amide bonds. The lowest BCUT2D eigenvalue weighted by Crippen LogP contribution is -2.27. The molecule has 110 valence electrons. The van der Waals surface area contributed by atoms with Gasteiger partial charge in [-0.1, -0.05) is 6.92 Å². The number of rotatable bonds is 6. The maximum atomic E-state index is 12.3. The van der Waals surface area contributed by atoms with E-state index in [2.05, 4.69) is 25.6 Å². The van der Waals surface area contributed by atoms with Crippen molar-refractivity contribution in [2.24, 2.45) is 5.73 Å². The number of nitrogens with zero attached hydrogens (tertiary/aromatic N) is 1. The van der Waals surface area contributed by atoms with E-state index in [1.807, 2.05) is 12.3 Å². The number of thiazole rings is 1. The maximum absolute atomic E-state index is 12.3. The number of thiophene rings is 1. The largest absolute Gasteiger partial charge is 0.326 e. The van der Waals surface area contributed by atoms with E-state index < -0.39 is 10.0 Å². The highest BCUT2D eigenvalue weighted by molar-refractivity contribution is 9.11. The van der Waals surface area contributed by atoms with Gasteiger partial charge in [0, 0.05) is 35.5 Å². The Labute approximate surface area is 134 Å². The number of nitrogens with one attached hydrogen (secondary N) is 1. The molecule has 2 rings (SSSR count). The minimum atomic E-state index is -3.53. The van der Waals surface area contributed by atoms with Crippen molar-refractivity contribution in [3.05, 3.63) is 31.3 Å². The van der Waals surface area contributed by atoms with Crippen molar-refractivity contribution in [1.29, 1.82) is 0 Å². The van der Waals surface area contributed by atoms with Crippen LogP contribution in [0.5, 0.6) is 0 Å². The van der Waals surface area contributed by atoms with Gasteiger partial charge in [-0.3, -0.25) is 0 Å². The SMILES string of the molecule is CC(CNS(=O)(=O)c1cc(CN)sc1Br)c1nccs1. The second-order valence-electron chi connectivity index (χ2n) is 4.18. The molecule has 0 spiro atoms. The van der Waals surface area contributed by atoms with Gasteiger partial charge in [0.1, 0.15) is 4.90 Å². The summed E-state index contributed by atoms with van der Waals surface area (Å²) in [6.45, 7) is 2.58. The fourth-order valence-corrected chi connectivity index (χ4v) is 5.95. The molecule has 9 heteroatoms. The summed E-state index contributed by atoms with van der Waals surface area (Å²) in [6.07, 6.45) is 1.72. The monoisotopic (exact) mass is 395 g/mol. The van der Waals surface area contributed by atoms with Crippen LogP contribution in [0.15, 0.2) is 26.3 Å². The number of aromatic nitrogens is 1. The Kier molecular flexibility index (Phi) is 5.32. The number of nitrogens with two attached hydrogens (primary N) is 1. The number of sulfonamides is 1. The molecule has 0 saturated carbocycles. The summed E-state index contributed by atoms with van der Waals surface area (Å²) in [7, 11) is -3.53. The molecule has 2 aromatic rings. The minimum Gasteiger partial charge on any atom is -0.326 e. The zero-order valence-corrected chi connectivity index (χ0v) is 14.7. The van der Waals surface area contributed by atoms with Crippen LogP contribution in [0.4, 0.5) is 0 Å². The third-order valence-corrected chi connectivity index (χ3v) is 7.35. The molecule has 0 saturated heterocycles. The smallest absolute Gasteiger partial charge is 0.242 e. The molecule has 0 aliphatic heterocycles. The normalized spacial score (nSPS) is 13.6. The van der Waals surface area contributed by atoms with Crippen molar-refractivity contribution in [3.8, 4) is 0 Å². The van der Waals surface area contributed by atoms with Crippen molar-refractivity contribution >= 4 is 48.6 Å². The van der Waals surface area contributed by atoms with Gasteiger partial charge in [-0.25, -0.2) is 18.1 Å². The van der Waals surface area contributed by atoms with Crippen LogP contribution in [0.1, 0.15) is 22.7 Å². The molecule has 1 atom stereocenters. The molecule has 2 heterocycles. The van der Waals surface area contributed by atoms with Gasteiger partial charge in [0.2, 0.25) is 10.0 Å². The first-order chi connectivity index (χ1) is 9.44. The van der Waals surface area contributed by atoms with Crippen molar-refractivity contribution in [1.82, 2.24) is 9.71 Å². The quantitative estimate of drug-likeness (QED) is 0.786. The average Bonchev–Trinajstić information content (AvgIpc) is 3.05. The molecule has 0 aliphatic rings. The molecule has 2 aromatic heterocycles. The first kappa shape index (κ1) is 16.1. The highest BCUT2D eigenvalue weighted by Gasteiger charge is 2.21. The van der Waals surface area contributed by atoms with E-state index in [0.717, 1.165) is 9.88 Å². The first-order valence-corrected chi connectivity index (χ1v) is 9.78. The van der Waals surface area contributed by atoms with E-state index in [1.165, 1.54) is 22.7 Å². The molecule has 0 aliphatic carbocycles. The second-order valence-corrected chi connectivity index (χ2v) is 9.29. The lowest BCUT2D eigenvalue weighted by atomic mass is 10.2. The Morgan fingerprint density at radius 2 is 2.30 bits per heavy atom. The fourth-order valence-electron chi connectivity index (χ4n) is 1.56. The van der Waals surface area contributed by atoms with Gasteiger partial charge in [0.15, 0.2) is 0 Å². The highest BCUT2D eigenvalue weighted by atomic mass is 79.9. The van der Waals surface area contributed by atoms with E-state index in [0.29, 0.717) is 16.9 Å². The van der Waals surface area contributed by atoms with Crippen molar-refractivity contribution in [3.63, 3.8) is 0 Å². The van der Waals surface area contributed by atoms with Gasteiger partial charge in [-0.15, -0.1) is 22.7 Å². The minimum absolute atomic E-state index is 0.0381. The van der Waals surface area contributed by atoms with Gasteiger partial charge in [-0.05, 0) is 22.0 Å². The number of hydrogen-bond donors (Lipinski definition) is 2. The van der Waals surface area contributed by atoms with Crippen LogP contribution in [0.3, 0.4) is 0 Å². The van der Waals surface area contributed by atoms with Crippen molar-refractivity contribution in [2.45, 2.75) is 24.3 Å². The zero-order valence-electron chi connectivity index (χ0n) is 10.7. The lowest BCUT2D eigenvalue weighted by molar-refractivity contribution is 0.574. The molecule has 0 aromatic carbocycles. The molecule has 0 bridgehead atoms. The maximum Gasteiger partial charge on any atom is 0.242 e. The third-order valence-electron chi connectivity index (χ3n) is 2.65. The summed E-state index contributed by atoms with van der Waals surface area (Å²) in [4.78, 5) is 5.25. The summed E-state index contributed by atoms with van der Waals surface area (Å²) in [5, 5.41) is 2.79. The van der Waals surface area contributed by atoms with Crippen LogP contribution in [-0.4, -0.2) is 19.9 Å². The predicted molar refractivity (Wildman–Crippen MR) is 85.6 cm³/mol. The standard InChI is InChI=1S/C11H14BrN3O2S3/c1-7(11-14-2-3-18-11)6-15-20(16,17)9-4-8(5-13)19-10(9)12/h2-4,7,15H,5-6,13H2,1H3. The Morgan fingerprint density at radius 3 is 2.85 bits per heavy atom. The zero-order chi connectivity index (χ0) is 14.8. The van der Waals surface area contributed by atoms with E-state index in [-0.39, 0.29) is 10.8 Å². The van der Waals surface area contributed by atoms with Crippen molar-refractivity contribution in [2.75, 3.05) is 6.54 Å². The third kappa shape index (κ3) is 3.66. The second kappa shape index (κ2) is 6.63. The van der Waals surface area contributed by atoms with E-state index in [1.54, 1.807) is 12.3 Å². The predicted octanol–water partition coefficient (Wildman–Crippen LogP) is 2.51. The molecule has 5 nitrogen and oxygen atoms in total. The number of hydrogen-bond acceptors (Lipinski definition) is 6. The van der Waals surface area contributed by atoms with Crippen LogP contribution in [0.25, 0.3) is 0 Å². The van der Waals surface area contributed by atoms with Gasteiger partial charge >= 0.3 is 0 Å². The van der Waals surface area contributed by atoms with E-state index in [4.69, 9.17) is 5.73 Å². The van der Waals surface area contributed by atoms with Gasteiger partial charge < -0.3 is 5.73 Å². The van der Waals surface area contributed by atoms with Crippen LogP contribution in [0, 0.1) is 0 Å². The van der Waals surface area contributed by atoms with E-state index >= 15 is 0 Å². The number of halogens is 1. The Morgan fingerprint density at radius 1 is 1.55 bits per heavy atom. The molecular formula is C11H14BrN3O2S3. The van der Waals surface area contributed by atoms with Crippen LogP contribution >= 0.6 is 38.6 Å². The summed E-state index contributed by atoms with van der Waals surface area (Å²) >= 11 is 6.13. The Balaban J connectivity index is 2.09. The van der Waals surface area contributed by atoms with Crippen LogP contribution in [-0.2, 0) is 16.6 Å². The summed E-state index contributed by atoms with van der Waals surface area (Å²) in [5.41, 5.74) is 5.53. The Hall–Kier alpha value is -0.320. The molecule has 20 heavy (non-hydrogen) atoms. The van der Waals surface area contributed by atoms with Crippen LogP contribution in [0.2, 0.25) is 0 Å². The van der Waals surface area contributed by atoms with Gasteiger partial charge in [0.05, 0.1) is 8.79 Å². The van der Waals surface area contributed by atoms with Crippen LogP contribution < -0.4 is 10.5 Å². The van der Waals surface area contributed by atoms with Crippen molar-refractivity contribution < 1.29 is 8.42 Å². The molecule has 0 fully saturated rings. The molecular weight excluding hydrogens is 382 g/mol. The summed E-state index contributed by atoms with van der Waals surface area (Å²) in [5.74, 6) is 0.0381. The average molecular weight is 396 g/mol. The van der Waals surface area contributed by atoms with Gasteiger partial charge in [-0.2, -0.15) is 0 Å². The Bertz CT molecular complexity index is 667. The first-order valence-electron chi connectivity index (χ1n) is 5.81. The topological polar surface area (TPSA) is 85.1 Å². The fraction of sp³-hybridized carbons (Fsp3) is 0.364. The summed E-state index contributed by atoms with van der Waals surface area (Å²) < 4.78 is 27.7. The van der Waals surface area contributed by atoms with Gasteiger partial charge in [0.25, 0.3) is 0 Å². The highest BCUT2D eigenvalue weighted by Crippen LogP contribution is 2.31. The molecule has 0 radical (unpaired) electrons. The molecule has 3 N–H and O–H groups in total. The van der Waals surface area contributed by atoms with E-state index in [9.17, 15) is 8.42 Å². The summed E-state index contributed by atoms with van der Waals surface area (Å²) in [6, 6.07) is 1.60.